The minimum atomic E-state index is -0.116. The largest absolute Gasteiger partial charge is 0.298 e. The second kappa shape index (κ2) is 8.41. The maximum atomic E-state index is 12.5. The van der Waals surface area contributed by atoms with Crippen molar-refractivity contribution in [3.8, 4) is 0 Å². The number of thiazole rings is 1. The first-order valence-electron chi connectivity index (χ1n) is 9.23. The number of likely N-dealkylation sites (tertiary alicyclic amines) is 1. The lowest BCUT2D eigenvalue weighted by atomic mass is 9.95. The molecule has 138 valence electrons. The van der Waals surface area contributed by atoms with E-state index in [2.05, 4.69) is 32.3 Å². The van der Waals surface area contributed by atoms with E-state index in [1.54, 1.807) is 6.20 Å². The molecular formula is C21H22N4OS. The number of carbonyl (C=O) groups is 1. The van der Waals surface area contributed by atoms with Crippen molar-refractivity contribution in [2.24, 2.45) is 0 Å². The quantitative estimate of drug-likeness (QED) is 0.709. The Bertz CT molecular complexity index is 882. The van der Waals surface area contributed by atoms with Crippen LogP contribution in [0.4, 0.5) is 5.13 Å². The van der Waals surface area contributed by atoms with Gasteiger partial charge in [0.05, 0.1) is 0 Å². The summed E-state index contributed by atoms with van der Waals surface area (Å²) >= 11 is 1.42. The first-order valence-corrected chi connectivity index (χ1v) is 10.1. The van der Waals surface area contributed by atoms with Gasteiger partial charge in [0, 0.05) is 42.1 Å². The zero-order chi connectivity index (χ0) is 18.5. The van der Waals surface area contributed by atoms with Crippen molar-refractivity contribution >= 4 is 22.4 Å². The van der Waals surface area contributed by atoms with E-state index in [1.165, 1.54) is 29.7 Å². The third-order valence-corrected chi connectivity index (χ3v) is 5.60. The second-order valence-electron chi connectivity index (χ2n) is 6.76. The molecule has 1 aliphatic rings. The lowest BCUT2D eigenvalue weighted by Crippen LogP contribution is -2.33. The number of pyridine rings is 1. The van der Waals surface area contributed by atoms with Gasteiger partial charge in [0.1, 0.15) is 0 Å². The van der Waals surface area contributed by atoms with Crippen LogP contribution in [0.5, 0.6) is 0 Å². The van der Waals surface area contributed by atoms with Gasteiger partial charge in [-0.15, -0.1) is 11.3 Å². The van der Waals surface area contributed by atoms with Crippen LogP contribution < -0.4 is 5.32 Å². The molecule has 4 rings (SSSR count). The van der Waals surface area contributed by atoms with Crippen LogP contribution in [-0.2, 0) is 6.54 Å². The minimum absolute atomic E-state index is 0.116. The van der Waals surface area contributed by atoms with Crippen LogP contribution in [-0.4, -0.2) is 27.3 Å². The summed E-state index contributed by atoms with van der Waals surface area (Å²) in [5.41, 5.74) is 3.09. The summed E-state index contributed by atoms with van der Waals surface area (Å²) in [6.45, 7) is 1.90. The van der Waals surface area contributed by atoms with Crippen molar-refractivity contribution < 1.29 is 4.79 Å². The van der Waals surface area contributed by atoms with Gasteiger partial charge < -0.3 is 0 Å². The smallest absolute Gasteiger partial charge is 0.257 e. The molecule has 3 heterocycles. The summed E-state index contributed by atoms with van der Waals surface area (Å²) in [7, 11) is 0. The number of amides is 1. The maximum Gasteiger partial charge on any atom is 0.257 e. The average molecular weight is 379 g/mol. The number of aromatic nitrogens is 2. The summed E-state index contributed by atoms with van der Waals surface area (Å²) in [5.74, 6) is -0.116. The monoisotopic (exact) mass is 378 g/mol. The molecule has 1 saturated heterocycles. The van der Waals surface area contributed by atoms with Gasteiger partial charge in [-0.1, -0.05) is 24.6 Å². The highest BCUT2D eigenvalue weighted by atomic mass is 32.1. The molecule has 1 amide bonds. The number of rotatable bonds is 5. The SMILES string of the molecule is O=C(Nc1nccs1)c1cccc(CN2CCCC[C@H]2c2cccnc2)c1. The molecule has 0 unspecified atom stereocenters. The molecule has 1 aliphatic heterocycles. The van der Waals surface area contributed by atoms with E-state index in [9.17, 15) is 4.79 Å². The minimum Gasteiger partial charge on any atom is -0.298 e. The normalized spacial score (nSPS) is 17.6. The number of hydrogen-bond acceptors (Lipinski definition) is 5. The summed E-state index contributed by atoms with van der Waals surface area (Å²) in [4.78, 5) is 23.4. The highest BCUT2D eigenvalue weighted by Gasteiger charge is 2.24. The van der Waals surface area contributed by atoms with E-state index < -0.39 is 0 Å². The summed E-state index contributed by atoms with van der Waals surface area (Å²) in [5, 5.41) is 5.32. The van der Waals surface area contributed by atoms with Gasteiger partial charge in [0.25, 0.3) is 5.91 Å². The molecule has 1 atom stereocenters. The van der Waals surface area contributed by atoms with Gasteiger partial charge in [-0.05, 0) is 48.7 Å². The third-order valence-electron chi connectivity index (χ3n) is 4.91. The molecule has 0 aliphatic carbocycles. The fraction of sp³-hybridized carbons (Fsp3) is 0.286. The van der Waals surface area contributed by atoms with Gasteiger partial charge in [-0.25, -0.2) is 4.98 Å². The number of nitrogens with one attached hydrogen (secondary N) is 1. The summed E-state index contributed by atoms with van der Waals surface area (Å²) in [6, 6.07) is 12.4. The van der Waals surface area contributed by atoms with Crippen molar-refractivity contribution in [3.63, 3.8) is 0 Å². The predicted octanol–water partition coefficient (Wildman–Crippen LogP) is 4.52. The Kier molecular flexibility index (Phi) is 5.55. The molecule has 3 aromatic rings. The Morgan fingerprint density at radius 2 is 2.19 bits per heavy atom. The third kappa shape index (κ3) is 4.40. The van der Waals surface area contributed by atoms with Gasteiger partial charge in [-0.2, -0.15) is 0 Å². The lowest BCUT2D eigenvalue weighted by molar-refractivity contribution is 0.102. The Labute approximate surface area is 163 Å². The van der Waals surface area contributed by atoms with Gasteiger partial charge in [0.2, 0.25) is 0 Å². The van der Waals surface area contributed by atoms with E-state index in [-0.39, 0.29) is 5.91 Å². The number of piperidine rings is 1. The van der Waals surface area contributed by atoms with Crippen LogP contribution in [0.2, 0.25) is 0 Å². The fourth-order valence-corrected chi connectivity index (χ4v) is 4.15. The molecule has 2 aromatic heterocycles. The molecule has 1 fully saturated rings. The van der Waals surface area contributed by atoms with E-state index >= 15 is 0 Å². The number of nitrogens with zero attached hydrogens (tertiary/aromatic N) is 3. The molecule has 0 radical (unpaired) electrons. The van der Waals surface area contributed by atoms with E-state index in [4.69, 9.17) is 0 Å². The van der Waals surface area contributed by atoms with Crippen LogP contribution >= 0.6 is 11.3 Å². The van der Waals surface area contributed by atoms with Crippen LogP contribution in [0, 0.1) is 0 Å². The van der Waals surface area contributed by atoms with Crippen molar-refractivity contribution in [2.75, 3.05) is 11.9 Å². The Hall–Kier alpha value is -2.57. The Balaban J connectivity index is 1.49. The van der Waals surface area contributed by atoms with Crippen LogP contribution in [0.15, 0.2) is 60.4 Å². The van der Waals surface area contributed by atoms with Crippen molar-refractivity contribution in [3.05, 3.63) is 77.1 Å². The lowest BCUT2D eigenvalue weighted by Gasteiger charge is -2.36. The summed E-state index contributed by atoms with van der Waals surface area (Å²) in [6.07, 6.45) is 9.08. The van der Waals surface area contributed by atoms with Gasteiger partial charge >= 0.3 is 0 Å². The maximum absolute atomic E-state index is 12.5. The first kappa shape index (κ1) is 17.8. The topological polar surface area (TPSA) is 58.1 Å². The van der Waals surface area contributed by atoms with Crippen molar-refractivity contribution in [1.29, 1.82) is 0 Å². The highest BCUT2D eigenvalue weighted by Crippen LogP contribution is 2.31. The molecule has 5 nitrogen and oxygen atoms in total. The molecule has 1 aromatic carbocycles. The predicted molar refractivity (Wildman–Crippen MR) is 108 cm³/mol. The molecule has 6 heteroatoms. The highest BCUT2D eigenvalue weighted by molar-refractivity contribution is 7.13. The van der Waals surface area contributed by atoms with Crippen LogP contribution in [0.1, 0.15) is 46.8 Å². The molecule has 0 spiro atoms. The number of hydrogen-bond donors (Lipinski definition) is 1. The molecule has 0 bridgehead atoms. The fourth-order valence-electron chi connectivity index (χ4n) is 3.63. The zero-order valence-electron chi connectivity index (χ0n) is 15.0. The van der Waals surface area contributed by atoms with E-state index in [0.717, 1.165) is 25.1 Å². The number of benzene rings is 1. The zero-order valence-corrected chi connectivity index (χ0v) is 15.9. The van der Waals surface area contributed by atoms with Crippen molar-refractivity contribution in [2.45, 2.75) is 31.8 Å². The van der Waals surface area contributed by atoms with Gasteiger partial charge in [-0.3, -0.25) is 20.0 Å². The Morgan fingerprint density at radius 1 is 1.22 bits per heavy atom. The molecule has 0 saturated carbocycles. The number of anilines is 1. The first-order chi connectivity index (χ1) is 13.3. The van der Waals surface area contributed by atoms with E-state index in [1.807, 2.05) is 42.0 Å². The van der Waals surface area contributed by atoms with Gasteiger partial charge in [0.15, 0.2) is 5.13 Å². The summed E-state index contributed by atoms with van der Waals surface area (Å²) < 4.78 is 0. The average Bonchev–Trinajstić information content (AvgIpc) is 3.22. The standard InChI is InChI=1S/C21H22N4OS/c26-20(24-21-23-10-12-27-21)17-6-3-5-16(13-17)15-25-11-2-1-8-19(25)18-7-4-9-22-14-18/h3-7,9-10,12-14,19H,1-2,8,11,15H2,(H,23,24,26)/t19-/m0/s1. The molecular weight excluding hydrogens is 356 g/mol. The van der Waals surface area contributed by atoms with E-state index in [0.29, 0.717) is 16.7 Å². The Morgan fingerprint density at radius 3 is 3.00 bits per heavy atom. The second-order valence-corrected chi connectivity index (χ2v) is 7.65. The molecule has 27 heavy (non-hydrogen) atoms. The molecule has 1 N–H and O–H groups in total. The number of carbonyl (C=O) groups excluding carboxylic acids is 1. The van der Waals surface area contributed by atoms with Crippen LogP contribution in [0.3, 0.4) is 0 Å². The van der Waals surface area contributed by atoms with Crippen LogP contribution in [0.25, 0.3) is 0 Å². The van der Waals surface area contributed by atoms with Crippen molar-refractivity contribution in [1.82, 2.24) is 14.9 Å².